The largest absolute Gasteiger partial charge is 0.480 e. The Morgan fingerprint density at radius 1 is 1.44 bits per heavy atom. The molecule has 1 N–H and O–H groups in total. The van der Waals surface area contributed by atoms with E-state index in [0.29, 0.717) is 6.42 Å². The summed E-state index contributed by atoms with van der Waals surface area (Å²) in [5.41, 5.74) is 0. The SMILES string of the molecule is C[C@@H](C(=O)O)N(C)C(=O)CCCC[C@@H]1CCSS1. The zero-order valence-electron chi connectivity index (χ0n) is 10.9. The van der Waals surface area contributed by atoms with Crippen LogP contribution in [0.15, 0.2) is 0 Å². The number of likely N-dealkylation sites (N-methyl/N-ethyl adjacent to an activating group) is 1. The molecule has 104 valence electrons. The number of rotatable bonds is 7. The lowest BCUT2D eigenvalue weighted by Crippen LogP contribution is -2.40. The van der Waals surface area contributed by atoms with Crippen LogP contribution in [0.5, 0.6) is 0 Å². The number of aliphatic carboxylic acids is 1. The summed E-state index contributed by atoms with van der Waals surface area (Å²) in [6.45, 7) is 1.53. The molecule has 0 spiro atoms. The number of hydrogen-bond donors (Lipinski definition) is 1. The van der Waals surface area contributed by atoms with Crippen LogP contribution in [-0.4, -0.2) is 46.0 Å². The van der Waals surface area contributed by atoms with Crippen LogP contribution in [0.1, 0.15) is 39.0 Å². The Morgan fingerprint density at radius 3 is 2.72 bits per heavy atom. The highest BCUT2D eigenvalue weighted by Gasteiger charge is 2.21. The summed E-state index contributed by atoms with van der Waals surface area (Å²) in [6, 6.07) is -0.737. The Balaban J connectivity index is 2.14. The lowest BCUT2D eigenvalue weighted by atomic mass is 10.1. The molecule has 6 heteroatoms. The fraction of sp³-hybridized carbons (Fsp3) is 0.833. The van der Waals surface area contributed by atoms with Crippen LogP contribution in [0.4, 0.5) is 0 Å². The van der Waals surface area contributed by atoms with Crippen molar-refractivity contribution in [2.75, 3.05) is 12.8 Å². The number of hydrogen-bond acceptors (Lipinski definition) is 4. The monoisotopic (exact) mass is 291 g/mol. The van der Waals surface area contributed by atoms with Gasteiger partial charge in [0.05, 0.1) is 0 Å². The first-order chi connectivity index (χ1) is 8.52. The van der Waals surface area contributed by atoms with Crippen molar-refractivity contribution in [3.05, 3.63) is 0 Å². The summed E-state index contributed by atoms with van der Waals surface area (Å²) in [5, 5.41) is 9.57. The minimum Gasteiger partial charge on any atom is -0.480 e. The number of amides is 1. The predicted octanol–water partition coefficient (Wildman–Crippen LogP) is 2.63. The number of carbonyl (C=O) groups excluding carboxylic acids is 1. The van der Waals surface area contributed by atoms with Gasteiger partial charge in [-0.2, -0.15) is 0 Å². The lowest BCUT2D eigenvalue weighted by molar-refractivity contribution is -0.148. The third-order valence-corrected chi connectivity index (χ3v) is 6.23. The molecule has 1 aliphatic rings. The van der Waals surface area contributed by atoms with E-state index < -0.39 is 12.0 Å². The number of carbonyl (C=O) groups is 2. The van der Waals surface area contributed by atoms with Crippen molar-refractivity contribution in [2.24, 2.45) is 0 Å². The van der Waals surface area contributed by atoms with Crippen LogP contribution >= 0.6 is 21.6 Å². The molecule has 0 aromatic heterocycles. The molecule has 1 rings (SSSR count). The molecular formula is C12H21NO3S2. The second-order valence-corrected chi connectivity index (χ2v) is 7.38. The predicted molar refractivity (Wildman–Crippen MR) is 76.8 cm³/mol. The molecule has 1 amide bonds. The van der Waals surface area contributed by atoms with E-state index in [9.17, 15) is 9.59 Å². The van der Waals surface area contributed by atoms with E-state index in [1.807, 2.05) is 21.6 Å². The molecule has 1 heterocycles. The molecule has 0 unspecified atom stereocenters. The van der Waals surface area contributed by atoms with Crippen LogP contribution in [0.3, 0.4) is 0 Å². The van der Waals surface area contributed by atoms with Gasteiger partial charge in [0.15, 0.2) is 0 Å². The maximum Gasteiger partial charge on any atom is 0.326 e. The van der Waals surface area contributed by atoms with Gasteiger partial charge in [0, 0.05) is 24.5 Å². The molecule has 4 nitrogen and oxygen atoms in total. The fourth-order valence-corrected chi connectivity index (χ4v) is 4.80. The lowest BCUT2D eigenvalue weighted by Gasteiger charge is -2.21. The van der Waals surface area contributed by atoms with Gasteiger partial charge in [-0.3, -0.25) is 4.79 Å². The molecule has 0 radical (unpaired) electrons. The standard InChI is InChI=1S/C12H21NO3S2/c1-9(12(15)16)13(2)11(14)6-4-3-5-10-7-8-17-18-10/h9-10H,3-8H2,1-2H3,(H,15,16)/t9-,10+/m0/s1. The molecule has 0 aromatic rings. The number of carboxylic acid groups (broad SMARTS) is 1. The summed E-state index contributed by atoms with van der Waals surface area (Å²) in [6.07, 6.45) is 4.82. The van der Waals surface area contributed by atoms with Gasteiger partial charge in [0.1, 0.15) is 6.04 Å². The van der Waals surface area contributed by atoms with Gasteiger partial charge in [-0.05, 0) is 26.2 Å². The van der Waals surface area contributed by atoms with Crippen LogP contribution < -0.4 is 0 Å². The van der Waals surface area contributed by atoms with Crippen LogP contribution in [0.25, 0.3) is 0 Å². The van der Waals surface area contributed by atoms with Gasteiger partial charge in [-0.25, -0.2) is 4.79 Å². The van der Waals surface area contributed by atoms with Gasteiger partial charge in [-0.1, -0.05) is 28.0 Å². The summed E-state index contributed by atoms with van der Waals surface area (Å²) in [7, 11) is 5.45. The van der Waals surface area contributed by atoms with Gasteiger partial charge < -0.3 is 10.0 Å². The highest BCUT2D eigenvalue weighted by Crippen LogP contribution is 2.39. The van der Waals surface area contributed by atoms with Gasteiger partial charge in [0.25, 0.3) is 0 Å². The number of unbranched alkanes of at least 4 members (excludes halogenated alkanes) is 1. The van der Waals surface area contributed by atoms with Crippen LogP contribution in [0.2, 0.25) is 0 Å². The zero-order valence-corrected chi connectivity index (χ0v) is 12.6. The van der Waals surface area contributed by atoms with Crippen molar-refractivity contribution in [1.29, 1.82) is 0 Å². The summed E-state index contributed by atoms with van der Waals surface area (Å²) in [4.78, 5) is 23.8. The molecule has 1 fully saturated rings. The third kappa shape index (κ3) is 5.10. The average molecular weight is 291 g/mol. The topological polar surface area (TPSA) is 57.6 Å². The molecule has 1 aliphatic heterocycles. The summed E-state index contributed by atoms with van der Waals surface area (Å²) >= 11 is 0. The van der Waals surface area contributed by atoms with Gasteiger partial charge in [0.2, 0.25) is 5.91 Å². The quantitative estimate of drug-likeness (QED) is 0.577. The van der Waals surface area contributed by atoms with Crippen LogP contribution in [0, 0.1) is 0 Å². The van der Waals surface area contributed by atoms with Gasteiger partial charge >= 0.3 is 5.97 Å². The van der Waals surface area contributed by atoms with E-state index in [2.05, 4.69) is 0 Å². The normalized spacial score (nSPS) is 20.7. The minimum atomic E-state index is -0.953. The Hall–Kier alpha value is -0.360. The van der Waals surface area contributed by atoms with E-state index in [-0.39, 0.29) is 5.91 Å². The average Bonchev–Trinajstić information content (AvgIpc) is 2.85. The van der Waals surface area contributed by atoms with Gasteiger partial charge in [-0.15, -0.1) is 0 Å². The van der Waals surface area contributed by atoms with Crippen molar-refractivity contribution in [2.45, 2.75) is 50.3 Å². The maximum atomic E-state index is 11.7. The summed E-state index contributed by atoms with van der Waals surface area (Å²) < 4.78 is 0. The Morgan fingerprint density at radius 2 is 2.17 bits per heavy atom. The Bertz CT molecular complexity index is 293. The molecule has 1 saturated heterocycles. The Kier molecular flexibility index (Phi) is 6.92. The van der Waals surface area contributed by atoms with Crippen molar-refractivity contribution in [1.82, 2.24) is 4.90 Å². The third-order valence-electron chi connectivity index (χ3n) is 3.23. The highest BCUT2D eigenvalue weighted by atomic mass is 33.1. The van der Waals surface area contributed by atoms with Crippen molar-refractivity contribution in [3.63, 3.8) is 0 Å². The highest BCUT2D eigenvalue weighted by molar-refractivity contribution is 8.77. The van der Waals surface area contributed by atoms with E-state index >= 15 is 0 Å². The zero-order chi connectivity index (χ0) is 13.5. The molecular weight excluding hydrogens is 270 g/mol. The second-order valence-electron chi connectivity index (χ2n) is 4.59. The first-order valence-corrected chi connectivity index (χ1v) is 8.67. The molecule has 0 aliphatic carbocycles. The second kappa shape index (κ2) is 7.94. The number of nitrogens with zero attached hydrogens (tertiary/aromatic N) is 1. The minimum absolute atomic E-state index is 0.0710. The van der Waals surface area contributed by atoms with Crippen LogP contribution in [-0.2, 0) is 9.59 Å². The summed E-state index contributed by atoms with van der Waals surface area (Å²) in [5.74, 6) is 0.219. The van der Waals surface area contributed by atoms with E-state index in [1.54, 1.807) is 7.05 Å². The molecule has 2 atom stereocenters. The first kappa shape index (κ1) is 15.7. The van der Waals surface area contributed by atoms with Crippen molar-refractivity contribution < 1.29 is 14.7 Å². The molecule has 0 saturated carbocycles. The number of carboxylic acids is 1. The Labute approximate surface area is 116 Å². The molecule has 0 bridgehead atoms. The molecule has 18 heavy (non-hydrogen) atoms. The van der Waals surface area contributed by atoms with Crippen molar-refractivity contribution >= 4 is 33.5 Å². The first-order valence-electron chi connectivity index (χ1n) is 6.29. The smallest absolute Gasteiger partial charge is 0.326 e. The van der Waals surface area contributed by atoms with E-state index in [4.69, 9.17) is 5.11 Å². The molecule has 0 aromatic carbocycles. The fourth-order valence-electron chi connectivity index (χ4n) is 1.77. The van der Waals surface area contributed by atoms with E-state index in [0.717, 1.165) is 18.1 Å². The van der Waals surface area contributed by atoms with E-state index in [1.165, 1.54) is 30.4 Å². The van der Waals surface area contributed by atoms with Crippen molar-refractivity contribution in [3.8, 4) is 0 Å². The maximum absolute atomic E-state index is 11.7.